The summed E-state index contributed by atoms with van der Waals surface area (Å²) in [6, 6.07) is 52.2. The molecule has 5 nitrogen and oxygen atoms in total. The smallest absolute Gasteiger partial charge is 0.339 e. The van der Waals surface area contributed by atoms with Crippen molar-refractivity contribution in [3.05, 3.63) is 203 Å². The summed E-state index contributed by atoms with van der Waals surface area (Å²) < 4.78 is 17.9. The number of hydrogen-bond donors (Lipinski definition) is 0. The SMILES string of the molecule is O=C(OC(c1ccccc1)c1ccccc1)c1ccc(Oc2ccc(C(=O)OC(c3ccccc3)c3ccccc3)cc2)cc1. The van der Waals surface area contributed by atoms with Crippen LogP contribution in [0.2, 0.25) is 0 Å². The van der Waals surface area contributed by atoms with E-state index in [2.05, 4.69) is 0 Å². The zero-order valence-electron chi connectivity index (χ0n) is 24.4. The van der Waals surface area contributed by atoms with E-state index in [0.717, 1.165) is 22.3 Å². The molecule has 0 amide bonds. The third kappa shape index (κ3) is 7.35. The summed E-state index contributed by atoms with van der Waals surface area (Å²) in [6.45, 7) is 0. The second-order valence-corrected chi connectivity index (χ2v) is 10.4. The van der Waals surface area contributed by atoms with Crippen molar-refractivity contribution in [2.75, 3.05) is 0 Å². The highest BCUT2D eigenvalue weighted by Gasteiger charge is 2.21. The largest absolute Gasteiger partial charge is 0.457 e. The van der Waals surface area contributed by atoms with E-state index in [1.165, 1.54) is 0 Å². The number of rotatable bonds is 10. The van der Waals surface area contributed by atoms with E-state index in [1.54, 1.807) is 48.5 Å². The molecule has 0 atom stereocenters. The Morgan fingerprint density at radius 3 is 0.889 bits per heavy atom. The van der Waals surface area contributed by atoms with Gasteiger partial charge in [-0.1, -0.05) is 121 Å². The number of esters is 2. The van der Waals surface area contributed by atoms with Crippen LogP contribution in [0, 0.1) is 0 Å². The van der Waals surface area contributed by atoms with Crippen LogP contribution in [-0.4, -0.2) is 11.9 Å². The Morgan fingerprint density at radius 1 is 0.356 bits per heavy atom. The summed E-state index contributed by atoms with van der Waals surface area (Å²) in [4.78, 5) is 26.2. The zero-order valence-corrected chi connectivity index (χ0v) is 24.4. The fraction of sp³-hybridized carbons (Fsp3) is 0.0500. The monoisotopic (exact) mass is 590 g/mol. The van der Waals surface area contributed by atoms with Crippen LogP contribution in [0.25, 0.3) is 0 Å². The summed E-state index contributed by atoms with van der Waals surface area (Å²) >= 11 is 0. The molecule has 0 aliphatic heterocycles. The molecule has 0 heterocycles. The summed E-state index contributed by atoms with van der Waals surface area (Å²) in [5.74, 6) is 0.202. The maximum absolute atomic E-state index is 13.1. The molecule has 0 saturated heterocycles. The van der Waals surface area contributed by atoms with E-state index in [9.17, 15) is 9.59 Å². The van der Waals surface area contributed by atoms with E-state index in [4.69, 9.17) is 14.2 Å². The highest BCUT2D eigenvalue weighted by Crippen LogP contribution is 2.30. The van der Waals surface area contributed by atoms with E-state index < -0.39 is 24.1 Å². The summed E-state index contributed by atoms with van der Waals surface area (Å²) in [6.07, 6.45) is -1.06. The summed E-state index contributed by atoms with van der Waals surface area (Å²) in [7, 11) is 0. The number of benzene rings is 6. The Kier molecular flexibility index (Phi) is 9.08. The number of carbonyl (C=O) groups excluding carboxylic acids is 2. The van der Waals surface area contributed by atoms with Gasteiger partial charge in [0.1, 0.15) is 11.5 Å². The van der Waals surface area contributed by atoms with Crippen LogP contribution in [0.3, 0.4) is 0 Å². The van der Waals surface area contributed by atoms with Gasteiger partial charge in [-0.2, -0.15) is 0 Å². The summed E-state index contributed by atoms with van der Waals surface area (Å²) in [5.41, 5.74) is 4.37. The van der Waals surface area contributed by atoms with E-state index in [0.29, 0.717) is 22.6 Å². The molecule has 6 aromatic carbocycles. The molecule has 0 unspecified atom stereocenters. The average molecular weight is 591 g/mol. The predicted octanol–water partition coefficient (Wildman–Crippen LogP) is 9.37. The molecule has 0 bridgehead atoms. The molecule has 0 aliphatic carbocycles. The first kappa shape index (κ1) is 29.1. The Balaban J connectivity index is 1.10. The van der Waals surface area contributed by atoms with Crippen molar-refractivity contribution in [1.29, 1.82) is 0 Å². The fourth-order valence-electron chi connectivity index (χ4n) is 4.97. The van der Waals surface area contributed by atoms with Crippen molar-refractivity contribution in [3.63, 3.8) is 0 Å². The van der Waals surface area contributed by atoms with E-state index in [-0.39, 0.29) is 0 Å². The number of hydrogen-bond acceptors (Lipinski definition) is 5. The molecule has 0 saturated carbocycles. The van der Waals surface area contributed by atoms with Crippen LogP contribution in [0.4, 0.5) is 0 Å². The van der Waals surface area contributed by atoms with E-state index in [1.807, 2.05) is 121 Å². The number of carbonyl (C=O) groups is 2. The molecule has 0 spiro atoms. The minimum absolute atomic E-state index is 0.406. The van der Waals surface area contributed by atoms with Crippen LogP contribution in [0.5, 0.6) is 11.5 Å². The molecule has 0 aromatic heterocycles. The molecule has 5 heteroatoms. The first-order valence-corrected chi connectivity index (χ1v) is 14.6. The van der Waals surface area contributed by atoms with Gasteiger partial charge in [-0.05, 0) is 70.8 Å². The van der Waals surface area contributed by atoms with Crippen LogP contribution in [-0.2, 0) is 9.47 Å². The van der Waals surface area contributed by atoms with Crippen molar-refractivity contribution in [2.45, 2.75) is 12.2 Å². The van der Waals surface area contributed by atoms with Gasteiger partial charge < -0.3 is 14.2 Å². The minimum atomic E-state index is -0.531. The topological polar surface area (TPSA) is 61.8 Å². The van der Waals surface area contributed by atoms with Crippen LogP contribution < -0.4 is 4.74 Å². The highest BCUT2D eigenvalue weighted by atomic mass is 16.5. The van der Waals surface area contributed by atoms with Gasteiger partial charge >= 0.3 is 11.9 Å². The standard InChI is InChI=1S/C40H30O5/c41-39(44-37(29-13-5-1-6-14-29)30-15-7-2-8-16-30)33-21-25-35(26-22-33)43-36-27-23-34(24-28-36)40(42)45-38(31-17-9-3-10-18-31)32-19-11-4-12-20-32/h1-28,37-38H. The van der Waals surface area contributed by atoms with Crippen molar-refractivity contribution in [2.24, 2.45) is 0 Å². The minimum Gasteiger partial charge on any atom is -0.457 e. The van der Waals surface area contributed by atoms with Gasteiger partial charge in [0.15, 0.2) is 12.2 Å². The molecule has 6 aromatic rings. The fourth-order valence-corrected chi connectivity index (χ4v) is 4.97. The zero-order chi connectivity index (χ0) is 30.8. The molecule has 6 rings (SSSR count). The third-order valence-corrected chi connectivity index (χ3v) is 7.27. The lowest BCUT2D eigenvalue weighted by molar-refractivity contribution is 0.0369. The van der Waals surface area contributed by atoms with Gasteiger partial charge in [-0.3, -0.25) is 0 Å². The summed E-state index contributed by atoms with van der Waals surface area (Å²) in [5, 5.41) is 0. The van der Waals surface area contributed by atoms with Crippen molar-refractivity contribution < 1.29 is 23.8 Å². The second kappa shape index (κ2) is 14.0. The van der Waals surface area contributed by atoms with Crippen molar-refractivity contribution >= 4 is 11.9 Å². The molecular weight excluding hydrogens is 560 g/mol. The van der Waals surface area contributed by atoms with Crippen LogP contribution >= 0.6 is 0 Å². The predicted molar refractivity (Wildman–Crippen MR) is 173 cm³/mol. The van der Waals surface area contributed by atoms with Gasteiger partial charge in [0.25, 0.3) is 0 Å². The van der Waals surface area contributed by atoms with Gasteiger partial charge in [-0.15, -0.1) is 0 Å². The van der Waals surface area contributed by atoms with Gasteiger partial charge in [0.2, 0.25) is 0 Å². The number of ether oxygens (including phenoxy) is 3. The highest BCUT2D eigenvalue weighted by molar-refractivity contribution is 5.90. The molecule has 220 valence electrons. The molecule has 0 aliphatic rings. The molecule has 45 heavy (non-hydrogen) atoms. The van der Waals surface area contributed by atoms with Gasteiger partial charge in [0.05, 0.1) is 11.1 Å². The Morgan fingerprint density at radius 2 is 0.622 bits per heavy atom. The second-order valence-electron chi connectivity index (χ2n) is 10.4. The Labute approximate surface area is 262 Å². The van der Waals surface area contributed by atoms with Gasteiger partial charge in [-0.25, -0.2) is 9.59 Å². The lowest BCUT2D eigenvalue weighted by atomic mass is 10.0. The lowest BCUT2D eigenvalue weighted by Crippen LogP contribution is -2.13. The average Bonchev–Trinajstić information content (AvgIpc) is 3.11. The molecule has 0 N–H and O–H groups in total. The maximum Gasteiger partial charge on any atom is 0.339 e. The molecule has 0 fully saturated rings. The molecule has 0 radical (unpaired) electrons. The van der Waals surface area contributed by atoms with Gasteiger partial charge in [0, 0.05) is 0 Å². The molecular formula is C40H30O5. The van der Waals surface area contributed by atoms with E-state index >= 15 is 0 Å². The Hall–Kier alpha value is -5.94. The van der Waals surface area contributed by atoms with Crippen molar-refractivity contribution in [1.82, 2.24) is 0 Å². The lowest BCUT2D eigenvalue weighted by Gasteiger charge is -2.19. The Bertz CT molecular complexity index is 1600. The first-order valence-electron chi connectivity index (χ1n) is 14.6. The third-order valence-electron chi connectivity index (χ3n) is 7.27. The van der Waals surface area contributed by atoms with Crippen LogP contribution in [0.15, 0.2) is 170 Å². The quantitative estimate of drug-likeness (QED) is 0.149. The maximum atomic E-state index is 13.1. The normalized spacial score (nSPS) is 10.8. The van der Waals surface area contributed by atoms with Crippen LogP contribution in [0.1, 0.15) is 55.2 Å². The first-order chi connectivity index (χ1) is 22.1. The van der Waals surface area contributed by atoms with Crippen molar-refractivity contribution in [3.8, 4) is 11.5 Å².